The molecule has 0 spiro atoms. The topological polar surface area (TPSA) is 60.1 Å². The Hall–Kier alpha value is -2.24. The van der Waals surface area contributed by atoms with Gasteiger partial charge in [-0.2, -0.15) is 4.99 Å². The number of hydrogen-bond acceptors (Lipinski definition) is 4. The monoisotopic (exact) mass is 349 g/mol. The lowest BCUT2D eigenvalue weighted by Crippen LogP contribution is -2.30. The molecule has 1 aliphatic heterocycles. The van der Waals surface area contributed by atoms with E-state index < -0.39 is 0 Å². The molecule has 0 bridgehead atoms. The van der Waals surface area contributed by atoms with Crippen molar-refractivity contribution >= 4 is 6.02 Å². The molecule has 1 aromatic carbocycles. The Balaban J connectivity index is 2.07. The normalized spacial score (nSPS) is 16.4. The molecule has 2 N–H and O–H groups in total. The molecule has 0 aliphatic carbocycles. The van der Waals surface area contributed by atoms with Gasteiger partial charge in [0.15, 0.2) is 5.82 Å². The average Bonchev–Trinajstić information content (AvgIpc) is 2.65. The number of halogens is 1. The van der Waals surface area contributed by atoms with Gasteiger partial charge in [-0.3, -0.25) is 0 Å². The van der Waals surface area contributed by atoms with Crippen LogP contribution in [0.1, 0.15) is 44.6 Å². The number of allylic oxidation sites excluding steroid dienone is 1. The number of ether oxygens (including phenoxy) is 2. The molecule has 6 heteroatoms. The fourth-order valence-electron chi connectivity index (χ4n) is 2.80. The molecule has 1 aliphatic rings. The van der Waals surface area contributed by atoms with Crippen molar-refractivity contribution in [3.8, 4) is 5.75 Å². The molecular formula is C19H28FN3O2. The Morgan fingerprint density at radius 1 is 1.28 bits per heavy atom. The Morgan fingerprint density at radius 3 is 2.72 bits per heavy atom. The van der Waals surface area contributed by atoms with Gasteiger partial charge in [0.05, 0.1) is 7.11 Å². The van der Waals surface area contributed by atoms with Gasteiger partial charge < -0.3 is 20.1 Å². The van der Waals surface area contributed by atoms with E-state index in [2.05, 4.69) is 4.99 Å². The van der Waals surface area contributed by atoms with E-state index in [0.29, 0.717) is 12.2 Å². The lowest BCUT2D eigenvalue weighted by Gasteiger charge is -2.29. The van der Waals surface area contributed by atoms with Gasteiger partial charge in [-0.05, 0) is 43.4 Å². The minimum atomic E-state index is -0.225. The third-order valence-electron chi connectivity index (χ3n) is 4.10. The number of rotatable bonds is 7. The SMILES string of the molecule is CCC/C(F)=C(\N=C(/N)OCc1cccc(OC)c1)N1CCCCC1. The van der Waals surface area contributed by atoms with Crippen molar-refractivity contribution in [2.45, 2.75) is 45.6 Å². The number of piperidine rings is 1. The number of nitrogens with zero attached hydrogens (tertiary/aromatic N) is 2. The molecule has 2 rings (SSSR count). The number of likely N-dealkylation sites (tertiary alicyclic amines) is 1. The fraction of sp³-hybridized carbons (Fsp3) is 0.526. The summed E-state index contributed by atoms with van der Waals surface area (Å²) in [6, 6.07) is 7.50. The van der Waals surface area contributed by atoms with Crippen LogP contribution < -0.4 is 10.5 Å². The van der Waals surface area contributed by atoms with Crippen molar-refractivity contribution in [3.63, 3.8) is 0 Å². The van der Waals surface area contributed by atoms with Crippen molar-refractivity contribution in [2.75, 3.05) is 20.2 Å². The highest BCUT2D eigenvalue weighted by Gasteiger charge is 2.18. The first-order chi connectivity index (χ1) is 12.1. The number of hydrogen-bond donors (Lipinski definition) is 1. The maximum atomic E-state index is 14.5. The number of methoxy groups -OCH3 is 1. The van der Waals surface area contributed by atoms with Crippen LogP contribution in [0.5, 0.6) is 5.75 Å². The van der Waals surface area contributed by atoms with Gasteiger partial charge in [0.25, 0.3) is 6.02 Å². The highest BCUT2D eigenvalue weighted by molar-refractivity contribution is 5.72. The Morgan fingerprint density at radius 2 is 2.04 bits per heavy atom. The lowest BCUT2D eigenvalue weighted by atomic mass is 10.1. The van der Waals surface area contributed by atoms with E-state index in [4.69, 9.17) is 15.2 Å². The van der Waals surface area contributed by atoms with Crippen LogP contribution in [-0.2, 0) is 11.3 Å². The van der Waals surface area contributed by atoms with Crippen molar-refractivity contribution in [3.05, 3.63) is 41.5 Å². The molecule has 5 nitrogen and oxygen atoms in total. The average molecular weight is 349 g/mol. The molecule has 1 saturated heterocycles. The van der Waals surface area contributed by atoms with Crippen molar-refractivity contribution < 1.29 is 13.9 Å². The van der Waals surface area contributed by atoms with Crippen LogP contribution in [0, 0.1) is 0 Å². The van der Waals surface area contributed by atoms with Gasteiger partial charge in [0, 0.05) is 19.5 Å². The number of nitrogens with two attached hydrogens (primary N) is 1. The molecule has 0 unspecified atom stereocenters. The predicted molar refractivity (Wildman–Crippen MR) is 97.9 cm³/mol. The first kappa shape index (κ1) is 19.1. The van der Waals surface area contributed by atoms with Crippen LogP contribution in [0.3, 0.4) is 0 Å². The van der Waals surface area contributed by atoms with Crippen LogP contribution in [-0.4, -0.2) is 31.1 Å². The zero-order valence-corrected chi connectivity index (χ0v) is 15.1. The van der Waals surface area contributed by atoms with Crippen LogP contribution >= 0.6 is 0 Å². The summed E-state index contributed by atoms with van der Waals surface area (Å²) in [4.78, 5) is 6.22. The van der Waals surface area contributed by atoms with Crippen LogP contribution in [0.25, 0.3) is 0 Å². The molecular weight excluding hydrogens is 321 g/mol. The quantitative estimate of drug-likeness (QED) is 0.598. The maximum absolute atomic E-state index is 14.5. The number of aliphatic imine (C=N–C) groups is 1. The smallest absolute Gasteiger partial charge is 0.289 e. The summed E-state index contributed by atoms with van der Waals surface area (Å²) in [6.45, 7) is 3.81. The van der Waals surface area contributed by atoms with Crippen LogP contribution in [0.4, 0.5) is 4.39 Å². The van der Waals surface area contributed by atoms with E-state index >= 15 is 0 Å². The standard InChI is InChI=1S/C19H28FN3O2/c1-3-8-17(20)18(23-11-5-4-6-12-23)22-19(21)25-14-15-9-7-10-16(13-15)24-2/h7,9-10,13H,3-6,8,11-12,14H2,1-2H3,(H2,21,22)/b18-17-. The molecule has 0 aromatic heterocycles. The summed E-state index contributed by atoms with van der Waals surface area (Å²) in [5.41, 5.74) is 6.81. The van der Waals surface area contributed by atoms with Gasteiger partial charge in [0.2, 0.25) is 0 Å². The maximum Gasteiger partial charge on any atom is 0.289 e. The number of amidine groups is 1. The molecule has 1 aromatic rings. The second-order valence-corrected chi connectivity index (χ2v) is 6.12. The minimum Gasteiger partial charge on any atom is -0.497 e. The zero-order chi connectivity index (χ0) is 18.1. The summed E-state index contributed by atoms with van der Waals surface area (Å²) in [6.07, 6.45) is 4.35. The van der Waals surface area contributed by atoms with Crippen LogP contribution in [0.2, 0.25) is 0 Å². The van der Waals surface area contributed by atoms with Crippen molar-refractivity contribution in [1.29, 1.82) is 0 Å². The molecule has 1 heterocycles. The van der Waals surface area contributed by atoms with E-state index in [1.807, 2.05) is 36.1 Å². The van der Waals surface area contributed by atoms with E-state index in [1.165, 1.54) is 6.42 Å². The largest absolute Gasteiger partial charge is 0.497 e. The number of benzene rings is 1. The van der Waals surface area contributed by atoms with Gasteiger partial charge in [-0.1, -0.05) is 19.1 Å². The third-order valence-corrected chi connectivity index (χ3v) is 4.10. The summed E-state index contributed by atoms with van der Waals surface area (Å²) in [5, 5.41) is 0. The van der Waals surface area contributed by atoms with Gasteiger partial charge in [0.1, 0.15) is 18.2 Å². The minimum absolute atomic E-state index is 0.0188. The van der Waals surface area contributed by atoms with Crippen molar-refractivity contribution in [2.24, 2.45) is 10.7 Å². The van der Waals surface area contributed by atoms with E-state index in [1.54, 1.807) is 7.11 Å². The Kier molecular flexibility index (Phi) is 7.57. The predicted octanol–water partition coefficient (Wildman–Crippen LogP) is 3.95. The van der Waals surface area contributed by atoms with E-state index in [9.17, 15) is 4.39 Å². The molecule has 138 valence electrons. The summed E-state index contributed by atoms with van der Waals surface area (Å²) in [7, 11) is 1.61. The van der Waals surface area contributed by atoms with E-state index in [0.717, 1.165) is 43.7 Å². The molecule has 25 heavy (non-hydrogen) atoms. The molecule has 1 fully saturated rings. The summed E-state index contributed by atoms with van der Waals surface area (Å²) >= 11 is 0. The Bertz CT molecular complexity index is 610. The van der Waals surface area contributed by atoms with Crippen molar-refractivity contribution in [1.82, 2.24) is 4.90 Å². The zero-order valence-electron chi connectivity index (χ0n) is 15.1. The molecule has 0 radical (unpaired) electrons. The summed E-state index contributed by atoms with van der Waals surface area (Å²) < 4.78 is 25.2. The molecule has 0 amide bonds. The fourth-order valence-corrected chi connectivity index (χ4v) is 2.80. The van der Waals surface area contributed by atoms with Gasteiger partial charge in [-0.25, -0.2) is 4.39 Å². The first-order valence-corrected chi connectivity index (χ1v) is 8.87. The van der Waals surface area contributed by atoms with Crippen LogP contribution in [0.15, 0.2) is 40.9 Å². The van der Waals surface area contributed by atoms with E-state index in [-0.39, 0.29) is 18.5 Å². The molecule has 0 saturated carbocycles. The highest BCUT2D eigenvalue weighted by atomic mass is 19.1. The molecule has 0 atom stereocenters. The highest BCUT2D eigenvalue weighted by Crippen LogP contribution is 2.22. The lowest BCUT2D eigenvalue weighted by molar-refractivity contribution is 0.260. The third kappa shape index (κ3) is 5.96. The first-order valence-electron chi connectivity index (χ1n) is 8.87. The second-order valence-electron chi connectivity index (χ2n) is 6.12. The van der Waals surface area contributed by atoms with Gasteiger partial charge >= 0.3 is 0 Å². The summed E-state index contributed by atoms with van der Waals surface area (Å²) in [5.74, 6) is 0.849. The van der Waals surface area contributed by atoms with Gasteiger partial charge in [-0.15, -0.1) is 0 Å². The Labute approximate surface area is 149 Å². The second kappa shape index (κ2) is 9.91.